The maximum Gasteiger partial charge on any atom is 0.310 e. The summed E-state index contributed by atoms with van der Waals surface area (Å²) in [6.07, 6.45) is 0.102. The van der Waals surface area contributed by atoms with Crippen molar-refractivity contribution >= 4 is 23.0 Å². The van der Waals surface area contributed by atoms with Crippen molar-refractivity contribution in [3.8, 4) is 0 Å². The van der Waals surface area contributed by atoms with Crippen molar-refractivity contribution in [2.75, 3.05) is 11.9 Å². The smallest absolute Gasteiger partial charge is 0.310 e. The Bertz CT molecular complexity index is 424. The van der Waals surface area contributed by atoms with Gasteiger partial charge in [0, 0.05) is 6.54 Å². The zero-order valence-electron chi connectivity index (χ0n) is 10.4. The molecule has 2 N–H and O–H groups in total. The fourth-order valence-corrected chi connectivity index (χ4v) is 1.94. The molecular formula is C12H17ClN2O3. The lowest BCUT2D eigenvalue weighted by Crippen LogP contribution is -2.21. The Morgan fingerprint density at radius 2 is 2.17 bits per heavy atom. The molecular weight excluding hydrogens is 256 g/mol. The summed E-state index contributed by atoms with van der Waals surface area (Å²) in [5.41, 5.74) is 0.172. The molecule has 1 rings (SSSR count). The zero-order chi connectivity index (χ0) is 13.7. The van der Waals surface area contributed by atoms with Crippen molar-refractivity contribution < 1.29 is 10.0 Å². The van der Waals surface area contributed by atoms with Gasteiger partial charge in [0.15, 0.2) is 0 Å². The number of halogens is 1. The normalized spacial score (nSPS) is 12.5. The highest BCUT2D eigenvalue weighted by molar-refractivity contribution is 6.33. The van der Waals surface area contributed by atoms with Crippen LogP contribution >= 0.6 is 11.6 Å². The van der Waals surface area contributed by atoms with Crippen LogP contribution in [0.4, 0.5) is 11.4 Å². The van der Waals surface area contributed by atoms with Gasteiger partial charge in [0.05, 0.1) is 11.0 Å². The molecule has 0 saturated heterocycles. The van der Waals surface area contributed by atoms with Crippen LogP contribution in [0.5, 0.6) is 0 Å². The van der Waals surface area contributed by atoms with Crippen LogP contribution in [0.15, 0.2) is 18.2 Å². The van der Waals surface area contributed by atoms with Gasteiger partial charge >= 0.3 is 5.69 Å². The first-order valence-corrected chi connectivity index (χ1v) is 6.14. The van der Waals surface area contributed by atoms with Gasteiger partial charge in [-0.3, -0.25) is 10.1 Å². The highest BCUT2D eigenvalue weighted by Crippen LogP contribution is 2.32. The van der Waals surface area contributed by atoms with Crippen LogP contribution in [0.2, 0.25) is 5.02 Å². The van der Waals surface area contributed by atoms with E-state index in [0.717, 1.165) is 0 Å². The molecule has 0 amide bonds. The molecule has 100 valence electrons. The maximum absolute atomic E-state index is 10.9. The number of hydrogen-bond acceptors (Lipinski definition) is 4. The molecule has 0 spiro atoms. The molecule has 18 heavy (non-hydrogen) atoms. The lowest BCUT2D eigenvalue weighted by Gasteiger charge is -2.14. The summed E-state index contributed by atoms with van der Waals surface area (Å²) >= 11 is 5.78. The van der Waals surface area contributed by atoms with Crippen molar-refractivity contribution in [2.45, 2.75) is 26.4 Å². The van der Waals surface area contributed by atoms with E-state index in [9.17, 15) is 15.2 Å². The van der Waals surface area contributed by atoms with Gasteiger partial charge in [-0.05, 0) is 24.5 Å². The number of nitrogens with zero attached hydrogens (tertiary/aromatic N) is 1. The molecule has 6 heteroatoms. The number of aliphatic hydroxyl groups is 1. The molecule has 1 unspecified atom stereocenters. The first-order valence-electron chi connectivity index (χ1n) is 5.76. The van der Waals surface area contributed by atoms with Crippen LogP contribution in [0, 0.1) is 16.0 Å². The monoisotopic (exact) mass is 272 g/mol. The Morgan fingerprint density at radius 3 is 2.72 bits per heavy atom. The number of nitro benzene ring substituents is 1. The van der Waals surface area contributed by atoms with Crippen molar-refractivity contribution in [3.63, 3.8) is 0 Å². The first-order chi connectivity index (χ1) is 8.41. The van der Waals surface area contributed by atoms with E-state index in [1.807, 2.05) is 13.8 Å². The number of para-hydroxylation sites is 1. The van der Waals surface area contributed by atoms with E-state index in [1.54, 1.807) is 12.1 Å². The number of nitrogens with one attached hydrogen (secondary N) is 1. The van der Waals surface area contributed by atoms with Crippen molar-refractivity contribution in [2.24, 2.45) is 5.92 Å². The fourth-order valence-electron chi connectivity index (χ4n) is 1.70. The zero-order valence-corrected chi connectivity index (χ0v) is 11.1. The molecule has 1 aromatic carbocycles. The van der Waals surface area contributed by atoms with Crippen LogP contribution in [0.1, 0.15) is 20.3 Å². The van der Waals surface area contributed by atoms with E-state index in [2.05, 4.69) is 5.32 Å². The topological polar surface area (TPSA) is 75.4 Å². The second-order valence-corrected chi connectivity index (χ2v) is 4.96. The Morgan fingerprint density at radius 1 is 1.50 bits per heavy atom. The largest absolute Gasteiger partial charge is 0.391 e. The van der Waals surface area contributed by atoms with E-state index in [1.165, 1.54) is 6.07 Å². The molecule has 1 atom stereocenters. The van der Waals surface area contributed by atoms with Crippen molar-refractivity contribution in [3.05, 3.63) is 33.3 Å². The van der Waals surface area contributed by atoms with Gasteiger partial charge in [0.1, 0.15) is 10.7 Å². The van der Waals surface area contributed by atoms with Gasteiger partial charge < -0.3 is 10.4 Å². The van der Waals surface area contributed by atoms with Gasteiger partial charge in [0.2, 0.25) is 0 Å². The predicted octanol–water partition coefficient (Wildman–Crippen LogP) is 3.07. The quantitative estimate of drug-likeness (QED) is 0.616. The Hall–Kier alpha value is -1.33. The summed E-state index contributed by atoms with van der Waals surface area (Å²) in [6.45, 7) is 4.27. The SMILES string of the molecule is CC(C)CC(O)CNc1cccc(Cl)c1[N+](=O)[O-]. The van der Waals surface area contributed by atoms with Crippen molar-refractivity contribution in [1.29, 1.82) is 0 Å². The van der Waals surface area contributed by atoms with E-state index in [0.29, 0.717) is 18.0 Å². The van der Waals surface area contributed by atoms with Gasteiger partial charge in [-0.1, -0.05) is 31.5 Å². The molecule has 0 radical (unpaired) electrons. The molecule has 0 aliphatic rings. The van der Waals surface area contributed by atoms with Crippen LogP contribution < -0.4 is 5.32 Å². The average Bonchev–Trinajstić information content (AvgIpc) is 2.24. The lowest BCUT2D eigenvalue weighted by molar-refractivity contribution is -0.383. The van der Waals surface area contributed by atoms with Gasteiger partial charge in [0.25, 0.3) is 0 Å². The summed E-state index contributed by atoms with van der Waals surface area (Å²) in [5, 5.41) is 23.5. The molecule has 1 aromatic rings. The molecule has 0 saturated carbocycles. The number of rotatable bonds is 6. The summed E-state index contributed by atoms with van der Waals surface area (Å²) in [5.74, 6) is 0.371. The predicted molar refractivity (Wildman–Crippen MR) is 72.1 cm³/mol. The number of hydrogen-bond donors (Lipinski definition) is 2. The van der Waals surface area contributed by atoms with Gasteiger partial charge in [-0.25, -0.2) is 0 Å². The molecule has 0 aliphatic heterocycles. The molecule has 0 heterocycles. The summed E-state index contributed by atoms with van der Waals surface area (Å²) < 4.78 is 0. The van der Waals surface area contributed by atoms with Crippen LogP contribution in [0.3, 0.4) is 0 Å². The van der Waals surface area contributed by atoms with E-state index in [4.69, 9.17) is 11.6 Å². The maximum atomic E-state index is 10.9. The Labute approximate surface area is 111 Å². The van der Waals surface area contributed by atoms with Crippen LogP contribution in [-0.2, 0) is 0 Å². The molecule has 5 nitrogen and oxygen atoms in total. The summed E-state index contributed by atoms with van der Waals surface area (Å²) in [4.78, 5) is 10.4. The standard InChI is InChI=1S/C12H17ClN2O3/c1-8(2)6-9(16)7-14-11-5-3-4-10(13)12(11)15(17)18/h3-5,8-9,14,16H,6-7H2,1-2H3. The minimum atomic E-state index is -0.538. The van der Waals surface area contributed by atoms with Crippen LogP contribution in [0.25, 0.3) is 0 Å². The lowest BCUT2D eigenvalue weighted by atomic mass is 10.1. The minimum Gasteiger partial charge on any atom is -0.391 e. The van der Waals surface area contributed by atoms with Crippen LogP contribution in [-0.4, -0.2) is 22.7 Å². The fraction of sp³-hybridized carbons (Fsp3) is 0.500. The molecule has 0 bridgehead atoms. The minimum absolute atomic E-state index is 0.0864. The summed E-state index contributed by atoms with van der Waals surface area (Å²) in [7, 11) is 0. The highest BCUT2D eigenvalue weighted by atomic mass is 35.5. The number of anilines is 1. The van der Waals surface area contributed by atoms with Crippen molar-refractivity contribution in [1.82, 2.24) is 0 Å². The second-order valence-electron chi connectivity index (χ2n) is 4.56. The van der Waals surface area contributed by atoms with E-state index in [-0.39, 0.29) is 17.3 Å². The third-order valence-corrected chi connectivity index (χ3v) is 2.75. The molecule has 0 aliphatic carbocycles. The number of nitro groups is 1. The van der Waals surface area contributed by atoms with E-state index < -0.39 is 11.0 Å². The molecule has 0 aromatic heterocycles. The highest BCUT2D eigenvalue weighted by Gasteiger charge is 2.18. The summed E-state index contributed by atoms with van der Waals surface area (Å²) in [6, 6.07) is 4.67. The number of benzene rings is 1. The number of aliphatic hydroxyl groups excluding tert-OH is 1. The Kier molecular flexibility index (Phi) is 5.37. The first kappa shape index (κ1) is 14.7. The van der Waals surface area contributed by atoms with Gasteiger partial charge in [-0.2, -0.15) is 0 Å². The third kappa shape index (κ3) is 4.16. The van der Waals surface area contributed by atoms with Gasteiger partial charge in [-0.15, -0.1) is 0 Å². The molecule has 0 fully saturated rings. The third-order valence-electron chi connectivity index (χ3n) is 2.44. The average molecular weight is 273 g/mol. The Balaban J connectivity index is 2.73. The van der Waals surface area contributed by atoms with E-state index >= 15 is 0 Å². The second kappa shape index (κ2) is 6.56.